The van der Waals surface area contributed by atoms with Gasteiger partial charge in [0.05, 0.1) is 13.2 Å². The van der Waals surface area contributed by atoms with Crippen molar-refractivity contribution >= 4 is 15.9 Å². The molecule has 0 spiro atoms. The SMILES string of the molecule is CCOc1cc(Br)c(C(N)CCC(F)(F)F)cc1OCC. The third-order valence-electron chi connectivity index (χ3n) is 2.80. The van der Waals surface area contributed by atoms with Crippen LogP contribution < -0.4 is 15.2 Å². The van der Waals surface area contributed by atoms with Gasteiger partial charge in [-0.2, -0.15) is 13.2 Å². The van der Waals surface area contributed by atoms with E-state index in [1.807, 2.05) is 13.8 Å². The second kappa shape index (κ2) is 7.89. The van der Waals surface area contributed by atoms with Gasteiger partial charge in [0, 0.05) is 16.9 Å². The molecule has 1 unspecified atom stereocenters. The Morgan fingerprint density at radius 2 is 1.67 bits per heavy atom. The maximum atomic E-state index is 12.3. The largest absolute Gasteiger partial charge is 0.490 e. The van der Waals surface area contributed by atoms with Crippen LogP contribution in [0.4, 0.5) is 13.2 Å². The van der Waals surface area contributed by atoms with E-state index in [9.17, 15) is 13.2 Å². The van der Waals surface area contributed by atoms with Crippen molar-refractivity contribution in [1.82, 2.24) is 0 Å². The van der Waals surface area contributed by atoms with Gasteiger partial charge in [-0.15, -0.1) is 0 Å². The molecule has 1 aromatic carbocycles. The lowest BCUT2D eigenvalue weighted by molar-refractivity contribution is -0.136. The van der Waals surface area contributed by atoms with Gasteiger partial charge in [0.1, 0.15) is 0 Å². The van der Waals surface area contributed by atoms with Gasteiger partial charge in [0.25, 0.3) is 0 Å². The lowest BCUT2D eigenvalue weighted by atomic mass is 10.0. The molecule has 0 saturated carbocycles. The Hall–Kier alpha value is -0.950. The summed E-state index contributed by atoms with van der Waals surface area (Å²) in [6.45, 7) is 4.55. The van der Waals surface area contributed by atoms with Gasteiger partial charge in [-0.1, -0.05) is 15.9 Å². The molecule has 7 heteroatoms. The van der Waals surface area contributed by atoms with Gasteiger partial charge in [0.2, 0.25) is 0 Å². The zero-order valence-electron chi connectivity index (χ0n) is 12.0. The lowest BCUT2D eigenvalue weighted by Gasteiger charge is -2.18. The summed E-state index contributed by atoms with van der Waals surface area (Å²) in [6.07, 6.45) is -5.31. The van der Waals surface area contributed by atoms with Gasteiger partial charge >= 0.3 is 6.18 Å². The minimum absolute atomic E-state index is 0.179. The van der Waals surface area contributed by atoms with Crippen molar-refractivity contribution < 1.29 is 22.6 Å². The number of rotatable bonds is 7. The second-order valence-corrected chi connectivity index (χ2v) is 5.30. The molecule has 21 heavy (non-hydrogen) atoms. The average molecular weight is 370 g/mol. The molecule has 3 nitrogen and oxygen atoms in total. The van der Waals surface area contributed by atoms with Crippen LogP contribution in [0.5, 0.6) is 11.5 Å². The van der Waals surface area contributed by atoms with Crippen LogP contribution in [-0.2, 0) is 0 Å². The molecule has 0 aliphatic carbocycles. The third kappa shape index (κ3) is 5.74. The molecule has 0 aliphatic heterocycles. The van der Waals surface area contributed by atoms with E-state index < -0.39 is 18.6 Å². The molecule has 0 aromatic heterocycles. The van der Waals surface area contributed by atoms with E-state index in [0.29, 0.717) is 34.7 Å². The summed E-state index contributed by atoms with van der Waals surface area (Å²) < 4.78 is 48.4. The second-order valence-electron chi connectivity index (χ2n) is 4.45. The number of halogens is 4. The molecular formula is C14H19BrF3NO2. The number of hydrogen-bond donors (Lipinski definition) is 1. The highest BCUT2D eigenvalue weighted by Gasteiger charge is 2.28. The number of benzene rings is 1. The fourth-order valence-electron chi connectivity index (χ4n) is 1.85. The Morgan fingerprint density at radius 3 is 2.14 bits per heavy atom. The summed E-state index contributed by atoms with van der Waals surface area (Å²) in [5.41, 5.74) is 6.44. The molecule has 120 valence electrons. The maximum Gasteiger partial charge on any atom is 0.389 e. The summed E-state index contributed by atoms with van der Waals surface area (Å²) in [4.78, 5) is 0. The van der Waals surface area contributed by atoms with Crippen LogP contribution in [0.1, 0.15) is 38.3 Å². The van der Waals surface area contributed by atoms with Crippen LogP contribution in [-0.4, -0.2) is 19.4 Å². The Balaban J connectivity index is 2.98. The molecule has 0 amide bonds. The number of alkyl halides is 3. The van der Waals surface area contributed by atoms with Crippen molar-refractivity contribution in [1.29, 1.82) is 0 Å². The lowest BCUT2D eigenvalue weighted by Crippen LogP contribution is -2.16. The Morgan fingerprint density at radius 1 is 1.14 bits per heavy atom. The van der Waals surface area contributed by atoms with Gasteiger partial charge in [-0.25, -0.2) is 0 Å². The zero-order chi connectivity index (χ0) is 16.0. The van der Waals surface area contributed by atoms with Crippen molar-refractivity contribution in [3.63, 3.8) is 0 Å². The molecule has 0 saturated heterocycles. The zero-order valence-corrected chi connectivity index (χ0v) is 13.6. The van der Waals surface area contributed by atoms with Crippen molar-refractivity contribution in [3.05, 3.63) is 22.2 Å². The first-order chi connectivity index (χ1) is 9.78. The quantitative estimate of drug-likeness (QED) is 0.764. The summed E-state index contributed by atoms with van der Waals surface area (Å²) in [7, 11) is 0. The molecule has 0 radical (unpaired) electrons. The molecule has 0 aliphatic rings. The minimum atomic E-state index is -4.21. The van der Waals surface area contributed by atoms with Crippen LogP contribution in [0.2, 0.25) is 0 Å². The summed E-state index contributed by atoms with van der Waals surface area (Å²) in [6, 6.07) is 2.59. The van der Waals surface area contributed by atoms with E-state index in [1.165, 1.54) is 0 Å². The molecule has 0 bridgehead atoms. The monoisotopic (exact) mass is 369 g/mol. The highest BCUT2D eigenvalue weighted by atomic mass is 79.9. The smallest absolute Gasteiger partial charge is 0.389 e. The Kier molecular flexibility index (Phi) is 6.80. The van der Waals surface area contributed by atoms with Crippen molar-refractivity contribution in [3.8, 4) is 11.5 Å². The molecule has 0 heterocycles. The number of ether oxygens (including phenoxy) is 2. The summed E-state index contributed by atoms with van der Waals surface area (Å²) in [5.74, 6) is 1.03. The first kappa shape index (κ1) is 18.1. The normalized spacial score (nSPS) is 13.1. The molecule has 0 fully saturated rings. The van der Waals surface area contributed by atoms with Gasteiger partial charge < -0.3 is 15.2 Å². The number of hydrogen-bond acceptors (Lipinski definition) is 3. The first-order valence-electron chi connectivity index (χ1n) is 6.69. The van der Waals surface area contributed by atoms with Gasteiger partial charge in [0.15, 0.2) is 11.5 Å². The highest BCUT2D eigenvalue weighted by molar-refractivity contribution is 9.10. The standard InChI is InChI=1S/C14H19BrF3NO2/c1-3-20-12-7-9(10(15)8-13(12)21-4-2)11(19)5-6-14(16,17)18/h7-8,11H,3-6,19H2,1-2H3. The molecule has 2 N–H and O–H groups in total. The predicted molar refractivity (Wildman–Crippen MR) is 78.7 cm³/mol. The topological polar surface area (TPSA) is 44.5 Å². The van der Waals surface area contributed by atoms with E-state index in [2.05, 4.69) is 15.9 Å². The van der Waals surface area contributed by atoms with Crippen LogP contribution in [0.25, 0.3) is 0 Å². The molecular weight excluding hydrogens is 351 g/mol. The molecule has 1 rings (SSSR count). The van der Waals surface area contributed by atoms with E-state index >= 15 is 0 Å². The first-order valence-corrected chi connectivity index (χ1v) is 7.49. The summed E-state index contributed by atoms with van der Waals surface area (Å²) in [5, 5.41) is 0. The number of nitrogens with two attached hydrogens (primary N) is 1. The van der Waals surface area contributed by atoms with Crippen LogP contribution >= 0.6 is 15.9 Å². The maximum absolute atomic E-state index is 12.3. The van der Waals surface area contributed by atoms with E-state index in [4.69, 9.17) is 15.2 Å². The average Bonchev–Trinajstić information content (AvgIpc) is 2.38. The summed E-state index contributed by atoms with van der Waals surface area (Å²) >= 11 is 3.33. The Labute approximate surface area is 130 Å². The van der Waals surface area contributed by atoms with Gasteiger partial charge in [-0.05, 0) is 38.0 Å². The fourth-order valence-corrected chi connectivity index (χ4v) is 2.46. The molecule has 1 atom stereocenters. The highest BCUT2D eigenvalue weighted by Crippen LogP contribution is 2.37. The van der Waals surface area contributed by atoms with E-state index in [1.54, 1.807) is 12.1 Å². The van der Waals surface area contributed by atoms with Crippen molar-refractivity contribution in [2.75, 3.05) is 13.2 Å². The van der Waals surface area contributed by atoms with Crippen molar-refractivity contribution in [2.45, 2.75) is 38.9 Å². The van der Waals surface area contributed by atoms with Crippen LogP contribution in [0, 0.1) is 0 Å². The van der Waals surface area contributed by atoms with Crippen molar-refractivity contribution in [2.24, 2.45) is 5.73 Å². The van der Waals surface area contributed by atoms with Gasteiger partial charge in [-0.3, -0.25) is 0 Å². The van der Waals surface area contributed by atoms with Crippen LogP contribution in [0.15, 0.2) is 16.6 Å². The predicted octanol–water partition coefficient (Wildman–Crippen LogP) is 4.59. The third-order valence-corrected chi connectivity index (χ3v) is 3.49. The molecule has 1 aromatic rings. The van der Waals surface area contributed by atoms with Crippen LogP contribution in [0.3, 0.4) is 0 Å². The van der Waals surface area contributed by atoms with E-state index in [-0.39, 0.29) is 6.42 Å². The fraction of sp³-hybridized carbons (Fsp3) is 0.571. The van der Waals surface area contributed by atoms with E-state index in [0.717, 1.165) is 0 Å². The Bertz CT molecular complexity index is 466. The minimum Gasteiger partial charge on any atom is -0.490 e.